The fraction of sp³-hybridized carbons (Fsp3) is 0.722. The maximum Gasteiger partial charge on any atom is 0.326 e. The maximum atomic E-state index is 12.7. The third kappa shape index (κ3) is 10.4. The van der Waals surface area contributed by atoms with E-state index in [-0.39, 0.29) is 6.42 Å². The molecule has 0 heterocycles. The highest BCUT2D eigenvalue weighted by molar-refractivity contribution is 7.98. The van der Waals surface area contributed by atoms with Crippen molar-refractivity contribution in [3.05, 3.63) is 0 Å². The summed E-state index contributed by atoms with van der Waals surface area (Å²) in [5, 5.41) is 25.3. The summed E-state index contributed by atoms with van der Waals surface area (Å²) in [6.45, 7) is 4.80. The van der Waals surface area contributed by atoms with Gasteiger partial charge in [-0.2, -0.15) is 11.8 Å². The summed E-state index contributed by atoms with van der Waals surface area (Å²) in [6.07, 6.45) is 1.43. The van der Waals surface area contributed by atoms with Crippen molar-refractivity contribution in [2.24, 2.45) is 11.7 Å². The Morgan fingerprint density at radius 1 is 0.867 bits per heavy atom. The highest BCUT2D eigenvalue weighted by atomic mass is 32.2. The fourth-order valence-electron chi connectivity index (χ4n) is 2.38. The second-order valence-electron chi connectivity index (χ2n) is 7.19. The van der Waals surface area contributed by atoms with Crippen LogP contribution in [-0.4, -0.2) is 76.0 Å². The van der Waals surface area contributed by atoms with Crippen molar-refractivity contribution in [2.45, 2.75) is 64.2 Å². The van der Waals surface area contributed by atoms with Gasteiger partial charge in [-0.05, 0) is 37.7 Å². The first kappa shape index (κ1) is 27.7. The number of hydrogen-bond acceptors (Lipinski definition) is 7. The molecule has 11 nitrogen and oxygen atoms in total. The molecule has 0 radical (unpaired) electrons. The molecule has 0 aromatic carbocycles. The molecule has 4 unspecified atom stereocenters. The summed E-state index contributed by atoms with van der Waals surface area (Å²) in [5.74, 6) is -4.24. The van der Waals surface area contributed by atoms with E-state index in [1.807, 2.05) is 6.26 Å². The van der Waals surface area contributed by atoms with Gasteiger partial charge in [-0.1, -0.05) is 13.8 Å². The molecule has 0 aliphatic carbocycles. The fourth-order valence-corrected chi connectivity index (χ4v) is 2.85. The van der Waals surface area contributed by atoms with E-state index < -0.39 is 66.2 Å². The Hall–Kier alpha value is -2.34. The zero-order valence-corrected chi connectivity index (χ0v) is 18.5. The lowest BCUT2D eigenvalue weighted by Crippen LogP contribution is -2.58. The van der Waals surface area contributed by atoms with Crippen molar-refractivity contribution >= 4 is 41.4 Å². The van der Waals surface area contributed by atoms with E-state index in [0.717, 1.165) is 0 Å². The van der Waals surface area contributed by atoms with Gasteiger partial charge in [0.1, 0.15) is 18.1 Å². The lowest BCUT2D eigenvalue weighted by atomic mass is 10.0. The van der Waals surface area contributed by atoms with Gasteiger partial charge in [0.15, 0.2) is 0 Å². The predicted octanol–water partition coefficient (Wildman–Crippen LogP) is -0.853. The van der Waals surface area contributed by atoms with Crippen LogP contribution >= 0.6 is 11.8 Å². The monoisotopic (exact) mass is 448 g/mol. The van der Waals surface area contributed by atoms with Gasteiger partial charge in [-0.25, -0.2) is 4.79 Å². The van der Waals surface area contributed by atoms with E-state index in [4.69, 9.17) is 10.8 Å². The molecular formula is C18H32N4O7S. The molecular weight excluding hydrogens is 416 g/mol. The second-order valence-corrected chi connectivity index (χ2v) is 8.18. The van der Waals surface area contributed by atoms with Crippen LogP contribution in [0.4, 0.5) is 0 Å². The zero-order chi connectivity index (χ0) is 23.4. The molecule has 4 atom stereocenters. The summed E-state index contributed by atoms with van der Waals surface area (Å²) in [5.41, 5.74) is 5.53. The Morgan fingerprint density at radius 2 is 1.43 bits per heavy atom. The molecule has 7 N–H and O–H groups in total. The molecule has 0 aliphatic rings. The van der Waals surface area contributed by atoms with Gasteiger partial charge in [0.25, 0.3) is 0 Å². The van der Waals surface area contributed by atoms with E-state index in [9.17, 15) is 29.1 Å². The van der Waals surface area contributed by atoms with Crippen LogP contribution in [0.1, 0.15) is 40.0 Å². The number of thioether (sulfide) groups is 1. The molecule has 30 heavy (non-hydrogen) atoms. The highest BCUT2D eigenvalue weighted by Crippen LogP contribution is 2.07. The molecule has 0 saturated carbocycles. The van der Waals surface area contributed by atoms with Crippen molar-refractivity contribution in [1.29, 1.82) is 0 Å². The summed E-state index contributed by atoms with van der Waals surface area (Å²) in [4.78, 5) is 59.2. The second kappa shape index (κ2) is 13.8. The van der Waals surface area contributed by atoms with Crippen molar-refractivity contribution in [3.8, 4) is 0 Å². The van der Waals surface area contributed by atoms with Gasteiger partial charge in [0.2, 0.25) is 17.7 Å². The normalized spacial score (nSPS) is 14.9. The van der Waals surface area contributed by atoms with Crippen molar-refractivity contribution in [2.75, 3.05) is 12.0 Å². The van der Waals surface area contributed by atoms with Crippen LogP contribution in [0.15, 0.2) is 0 Å². The first-order valence-electron chi connectivity index (χ1n) is 9.50. The summed E-state index contributed by atoms with van der Waals surface area (Å²) < 4.78 is 0. The van der Waals surface area contributed by atoms with Crippen molar-refractivity contribution in [3.63, 3.8) is 0 Å². The van der Waals surface area contributed by atoms with Gasteiger partial charge in [-0.15, -0.1) is 0 Å². The maximum absolute atomic E-state index is 12.7. The Bertz CT molecular complexity index is 628. The van der Waals surface area contributed by atoms with Gasteiger partial charge in [0.05, 0.1) is 6.04 Å². The zero-order valence-electron chi connectivity index (χ0n) is 17.6. The Labute approximate surface area is 179 Å². The molecule has 0 aromatic rings. The number of rotatable bonds is 14. The van der Waals surface area contributed by atoms with Crippen LogP contribution < -0.4 is 21.7 Å². The number of nitrogens with one attached hydrogen (secondary N) is 3. The molecule has 3 amide bonds. The SMILES string of the molecule is CSCCC(NC(=O)C(C)N)C(=O)NC(C(=O)NC(CCC(=O)O)C(=O)O)C(C)C. The summed E-state index contributed by atoms with van der Waals surface area (Å²) in [7, 11) is 0. The van der Waals surface area contributed by atoms with Crippen LogP contribution in [-0.2, 0) is 24.0 Å². The number of carbonyl (C=O) groups excluding carboxylic acids is 3. The minimum absolute atomic E-state index is 0.296. The van der Waals surface area contributed by atoms with Crippen LogP contribution in [0.3, 0.4) is 0 Å². The van der Waals surface area contributed by atoms with E-state index in [1.165, 1.54) is 18.7 Å². The van der Waals surface area contributed by atoms with Crippen molar-refractivity contribution in [1.82, 2.24) is 16.0 Å². The highest BCUT2D eigenvalue weighted by Gasteiger charge is 2.31. The van der Waals surface area contributed by atoms with E-state index >= 15 is 0 Å². The number of carboxylic acids is 2. The first-order chi connectivity index (χ1) is 13.9. The lowest BCUT2D eigenvalue weighted by molar-refractivity contribution is -0.143. The van der Waals surface area contributed by atoms with Gasteiger partial charge >= 0.3 is 11.9 Å². The van der Waals surface area contributed by atoms with Crippen LogP contribution in [0.5, 0.6) is 0 Å². The molecule has 0 rings (SSSR count). The van der Waals surface area contributed by atoms with Crippen LogP contribution in [0, 0.1) is 5.92 Å². The number of aliphatic carboxylic acids is 2. The molecule has 0 aromatic heterocycles. The number of amides is 3. The minimum atomic E-state index is -1.41. The summed E-state index contributed by atoms with van der Waals surface area (Å²) in [6, 6.07) is -4.21. The Kier molecular flexibility index (Phi) is 12.7. The molecule has 0 fully saturated rings. The standard InChI is InChI=1S/C18H32N4O7S/c1-9(2)14(17(27)21-12(18(28)29)5-6-13(23)24)22-16(26)11(7-8-30-4)20-15(25)10(3)19/h9-12,14H,5-8,19H2,1-4H3,(H,20,25)(H,21,27)(H,22,26)(H,23,24)(H,28,29). The van der Waals surface area contributed by atoms with E-state index in [0.29, 0.717) is 12.2 Å². The lowest BCUT2D eigenvalue weighted by Gasteiger charge is -2.26. The third-order valence-electron chi connectivity index (χ3n) is 4.17. The number of carbonyl (C=O) groups is 5. The third-order valence-corrected chi connectivity index (χ3v) is 4.81. The van der Waals surface area contributed by atoms with Crippen LogP contribution in [0.2, 0.25) is 0 Å². The first-order valence-corrected chi connectivity index (χ1v) is 10.9. The Balaban J connectivity index is 5.29. The van der Waals surface area contributed by atoms with Gasteiger partial charge < -0.3 is 31.9 Å². The largest absolute Gasteiger partial charge is 0.481 e. The van der Waals surface area contributed by atoms with Crippen molar-refractivity contribution < 1.29 is 34.2 Å². The summed E-state index contributed by atoms with van der Waals surface area (Å²) >= 11 is 1.48. The molecule has 0 bridgehead atoms. The van der Waals surface area contributed by atoms with Crippen LogP contribution in [0.25, 0.3) is 0 Å². The van der Waals surface area contributed by atoms with E-state index in [2.05, 4.69) is 16.0 Å². The molecule has 0 saturated heterocycles. The number of hydrogen-bond donors (Lipinski definition) is 6. The average molecular weight is 449 g/mol. The quantitative estimate of drug-likeness (QED) is 0.197. The predicted molar refractivity (Wildman–Crippen MR) is 112 cm³/mol. The molecule has 0 aliphatic heterocycles. The van der Waals surface area contributed by atoms with E-state index in [1.54, 1.807) is 13.8 Å². The van der Waals surface area contributed by atoms with Gasteiger partial charge in [-0.3, -0.25) is 19.2 Å². The molecule has 172 valence electrons. The minimum Gasteiger partial charge on any atom is -0.481 e. The number of carboxylic acid groups (broad SMARTS) is 2. The average Bonchev–Trinajstić information content (AvgIpc) is 2.64. The van der Waals surface area contributed by atoms with Gasteiger partial charge in [0, 0.05) is 6.42 Å². The number of nitrogens with two attached hydrogens (primary N) is 1. The Morgan fingerprint density at radius 3 is 1.87 bits per heavy atom. The molecule has 12 heteroatoms. The molecule has 0 spiro atoms. The topological polar surface area (TPSA) is 188 Å². The smallest absolute Gasteiger partial charge is 0.326 e.